The number of hydrogen-bond donors (Lipinski definition) is 3. The predicted molar refractivity (Wildman–Crippen MR) is 118 cm³/mol. The first kappa shape index (κ1) is 20.7. The average molecular weight is 446 g/mol. The molecule has 0 radical (unpaired) electrons. The van der Waals surface area contributed by atoms with Crippen molar-refractivity contribution in [1.82, 2.24) is 24.9 Å². The molecule has 1 fully saturated rings. The molecule has 0 spiro atoms. The third-order valence-corrected chi connectivity index (χ3v) is 5.88. The normalized spacial score (nSPS) is 17.8. The molecular weight excluding hydrogens is 424 g/mol. The SMILES string of the molecule is Cc1cn2ccc(NC(=O)NCc3ccc4c(c3)C(=O)N(C3CCC(=O)NC3=O)C4)cc2n1. The van der Waals surface area contributed by atoms with Crippen molar-refractivity contribution >= 4 is 35.1 Å². The first-order chi connectivity index (χ1) is 15.9. The second-order valence-corrected chi connectivity index (χ2v) is 8.26. The van der Waals surface area contributed by atoms with Gasteiger partial charge in [0.2, 0.25) is 11.8 Å². The fraction of sp³-hybridized carbons (Fsp3) is 0.261. The highest BCUT2D eigenvalue weighted by molar-refractivity contribution is 6.05. The van der Waals surface area contributed by atoms with Gasteiger partial charge in [-0.15, -0.1) is 0 Å². The second-order valence-electron chi connectivity index (χ2n) is 8.26. The van der Waals surface area contributed by atoms with Crippen molar-refractivity contribution in [1.29, 1.82) is 0 Å². The van der Waals surface area contributed by atoms with E-state index in [1.807, 2.05) is 35.9 Å². The van der Waals surface area contributed by atoms with Crippen LogP contribution in [0.5, 0.6) is 0 Å². The minimum Gasteiger partial charge on any atom is -0.334 e. The molecule has 1 atom stereocenters. The minimum absolute atomic E-state index is 0.216. The smallest absolute Gasteiger partial charge is 0.319 e. The van der Waals surface area contributed by atoms with Gasteiger partial charge >= 0.3 is 6.03 Å². The van der Waals surface area contributed by atoms with E-state index in [1.54, 1.807) is 18.2 Å². The summed E-state index contributed by atoms with van der Waals surface area (Å²) in [5.74, 6) is -0.990. The van der Waals surface area contributed by atoms with Gasteiger partial charge in [0.15, 0.2) is 0 Å². The molecular formula is C23H22N6O4. The Morgan fingerprint density at radius 3 is 2.88 bits per heavy atom. The summed E-state index contributed by atoms with van der Waals surface area (Å²) in [6, 6.07) is 7.96. The number of carbonyl (C=O) groups is 4. The molecule has 0 bridgehead atoms. The molecule has 3 N–H and O–H groups in total. The third-order valence-electron chi connectivity index (χ3n) is 5.88. The van der Waals surface area contributed by atoms with Crippen LogP contribution in [0.25, 0.3) is 5.65 Å². The number of nitrogens with zero attached hydrogens (tertiary/aromatic N) is 3. The van der Waals surface area contributed by atoms with E-state index in [-0.39, 0.29) is 30.8 Å². The summed E-state index contributed by atoms with van der Waals surface area (Å²) in [4.78, 5) is 54.7. The number of carbonyl (C=O) groups excluding carboxylic acids is 4. The van der Waals surface area contributed by atoms with E-state index in [2.05, 4.69) is 20.9 Å². The number of fused-ring (bicyclic) bond motifs is 2. The monoisotopic (exact) mass is 446 g/mol. The van der Waals surface area contributed by atoms with Crippen LogP contribution in [-0.4, -0.2) is 44.1 Å². The molecule has 5 rings (SSSR count). The van der Waals surface area contributed by atoms with Crippen LogP contribution < -0.4 is 16.0 Å². The zero-order chi connectivity index (χ0) is 23.1. The highest BCUT2D eigenvalue weighted by Crippen LogP contribution is 2.28. The lowest BCUT2D eigenvalue weighted by molar-refractivity contribution is -0.136. The highest BCUT2D eigenvalue weighted by Gasteiger charge is 2.39. The van der Waals surface area contributed by atoms with Gasteiger partial charge in [-0.3, -0.25) is 19.7 Å². The Hall–Kier alpha value is -4.21. The fourth-order valence-electron chi connectivity index (χ4n) is 4.26. The van der Waals surface area contributed by atoms with E-state index < -0.39 is 11.9 Å². The molecule has 168 valence electrons. The molecule has 0 saturated carbocycles. The number of hydrogen-bond acceptors (Lipinski definition) is 5. The lowest BCUT2D eigenvalue weighted by atomic mass is 10.0. The Kier molecular flexibility index (Phi) is 5.04. The number of urea groups is 1. The largest absolute Gasteiger partial charge is 0.334 e. The van der Waals surface area contributed by atoms with Crippen LogP contribution in [0.4, 0.5) is 10.5 Å². The summed E-state index contributed by atoms with van der Waals surface area (Å²) < 4.78 is 1.87. The van der Waals surface area contributed by atoms with Crippen LogP contribution in [0.1, 0.15) is 40.0 Å². The molecule has 2 aliphatic rings. The Morgan fingerprint density at radius 2 is 2.06 bits per heavy atom. The summed E-state index contributed by atoms with van der Waals surface area (Å²) in [5.41, 5.74) is 4.35. The van der Waals surface area contributed by atoms with Gasteiger partial charge in [0.25, 0.3) is 5.91 Å². The number of imidazole rings is 1. The minimum atomic E-state index is -0.647. The summed E-state index contributed by atoms with van der Waals surface area (Å²) in [5, 5.41) is 7.87. The first-order valence-corrected chi connectivity index (χ1v) is 10.6. The average Bonchev–Trinajstić information content (AvgIpc) is 3.31. The molecule has 1 aromatic carbocycles. The Labute approximate surface area is 189 Å². The van der Waals surface area contributed by atoms with E-state index >= 15 is 0 Å². The van der Waals surface area contributed by atoms with Crippen LogP contribution in [-0.2, 0) is 22.7 Å². The summed E-state index contributed by atoms with van der Waals surface area (Å²) in [7, 11) is 0. The molecule has 1 unspecified atom stereocenters. The van der Waals surface area contributed by atoms with E-state index in [0.717, 1.165) is 22.5 Å². The fourth-order valence-corrected chi connectivity index (χ4v) is 4.26. The predicted octanol–water partition coefficient (Wildman–Crippen LogP) is 1.73. The number of rotatable bonds is 4. The van der Waals surface area contributed by atoms with Crippen molar-refractivity contribution in [2.45, 2.75) is 38.9 Å². The van der Waals surface area contributed by atoms with Crippen LogP contribution in [0.2, 0.25) is 0 Å². The summed E-state index contributed by atoms with van der Waals surface area (Å²) >= 11 is 0. The zero-order valence-electron chi connectivity index (χ0n) is 17.9. The van der Waals surface area contributed by atoms with Crippen molar-refractivity contribution in [2.75, 3.05) is 5.32 Å². The molecule has 5 amide bonds. The van der Waals surface area contributed by atoms with Crippen molar-refractivity contribution in [3.63, 3.8) is 0 Å². The molecule has 2 aromatic heterocycles. The maximum Gasteiger partial charge on any atom is 0.319 e. The number of pyridine rings is 1. The Morgan fingerprint density at radius 1 is 1.21 bits per heavy atom. The molecule has 2 aliphatic heterocycles. The zero-order valence-corrected chi connectivity index (χ0v) is 17.9. The number of amides is 5. The van der Waals surface area contributed by atoms with E-state index in [1.165, 1.54) is 4.90 Å². The maximum absolute atomic E-state index is 12.9. The quantitative estimate of drug-likeness (QED) is 0.527. The number of aryl methyl sites for hydroxylation is 1. The molecule has 0 aliphatic carbocycles. The second kappa shape index (κ2) is 8.05. The van der Waals surface area contributed by atoms with Crippen LogP contribution in [0.15, 0.2) is 42.7 Å². The highest BCUT2D eigenvalue weighted by atomic mass is 16.2. The Balaban J connectivity index is 1.22. The van der Waals surface area contributed by atoms with Crippen LogP contribution >= 0.6 is 0 Å². The topological polar surface area (TPSA) is 125 Å². The van der Waals surface area contributed by atoms with Crippen LogP contribution in [0, 0.1) is 6.92 Å². The number of imide groups is 1. The maximum atomic E-state index is 12.9. The molecule has 3 aromatic rings. The number of benzene rings is 1. The number of nitrogens with one attached hydrogen (secondary N) is 3. The van der Waals surface area contributed by atoms with E-state index in [0.29, 0.717) is 24.2 Å². The van der Waals surface area contributed by atoms with Gasteiger partial charge in [0, 0.05) is 49.2 Å². The van der Waals surface area contributed by atoms with Crippen LogP contribution in [0.3, 0.4) is 0 Å². The first-order valence-electron chi connectivity index (χ1n) is 10.6. The summed E-state index contributed by atoms with van der Waals surface area (Å²) in [6.45, 7) is 2.46. The van der Waals surface area contributed by atoms with Gasteiger partial charge < -0.3 is 19.9 Å². The number of anilines is 1. The molecule has 1 saturated heterocycles. The summed E-state index contributed by atoms with van der Waals surface area (Å²) in [6.07, 6.45) is 4.26. The molecule has 10 nitrogen and oxygen atoms in total. The van der Waals surface area contributed by atoms with Gasteiger partial charge in [-0.2, -0.15) is 0 Å². The number of aromatic nitrogens is 2. The number of piperidine rings is 1. The van der Waals surface area contributed by atoms with Gasteiger partial charge in [0.05, 0.1) is 5.69 Å². The van der Waals surface area contributed by atoms with Crippen molar-refractivity contribution in [3.05, 3.63) is 65.1 Å². The van der Waals surface area contributed by atoms with Gasteiger partial charge in [-0.25, -0.2) is 9.78 Å². The van der Waals surface area contributed by atoms with Gasteiger partial charge in [0.1, 0.15) is 11.7 Å². The third kappa shape index (κ3) is 4.02. The van der Waals surface area contributed by atoms with E-state index in [4.69, 9.17) is 0 Å². The molecule has 10 heteroatoms. The standard InChI is InChI=1S/C23H22N6O4/c1-13-11-28-7-6-16(9-19(28)25-13)26-23(33)24-10-14-2-3-15-12-29(22(32)17(15)8-14)18-4-5-20(30)27-21(18)31/h2-3,6-9,11,18H,4-5,10,12H2,1H3,(H2,24,26,33)(H,27,30,31). The van der Waals surface area contributed by atoms with Crippen molar-refractivity contribution in [3.8, 4) is 0 Å². The molecule has 33 heavy (non-hydrogen) atoms. The van der Waals surface area contributed by atoms with Gasteiger partial charge in [-0.1, -0.05) is 12.1 Å². The van der Waals surface area contributed by atoms with Crippen molar-refractivity contribution in [2.24, 2.45) is 0 Å². The van der Waals surface area contributed by atoms with Gasteiger partial charge in [-0.05, 0) is 36.6 Å². The van der Waals surface area contributed by atoms with E-state index in [9.17, 15) is 19.2 Å². The Bertz CT molecular complexity index is 1310. The lowest BCUT2D eigenvalue weighted by Crippen LogP contribution is -2.52. The molecule has 4 heterocycles. The van der Waals surface area contributed by atoms with Crippen molar-refractivity contribution < 1.29 is 19.2 Å². The lowest BCUT2D eigenvalue weighted by Gasteiger charge is -2.29.